The van der Waals surface area contributed by atoms with Crippen molar-refractivity contribution in [3.8, 4) is 0 Å². The van der Waals surface area contributed by atoms with Gasteiger partial charge in [-0.15, -0.1) is 26.3 Å². The maximum Gasteiger partial charge on any atom is 2.00 e. The van der Waals surface area contributed by atoms with Crippen molar-refractivity contribution < 1.29 is 55.2 Å². The van der Waals surface area contributed by atoms with E-state index in [2.05, 4.69) is 44.4 Å². The summed E-state index contributed by atoms with van der Waals surface area (Å²) in [4.78, 5) is 21.1. The van der Waals surface area contributed by atoms with Gasteiger partial charge in [0.2, 0.25) is 0 Å². The zero-order valence-electron chi connectivity index (χ0n) is 12.0. The summed E-state index contributed by atoms with van der Waals surface area (Å²) in [6.07, 6.45) is 6.02. The molecule has 0 aliphatic carbocycles. The Hall–Kier alpha value is 0.502. The largest absolute Gasteiger partial charge is 2.00 e. The van der Waals surface area contributed by atoms with Crippen LogP contribution >= 0.6 is 17.2 Å². The van der Waals surface area contributed by atoms with Crippen molar-refractivity contribution in [2.45, 2.75) is 0 Å². The maximum atomic E-state index is 10.6. The van der Waals surface area contributed by atoms with Crippen LogP contribution in [0, 0.1) is 0 Å². The third kappa shape index (κ3) is 25.8. The van der Waals surface area contributed by atoms with Crippen LogP contribution in [0.15, 0.2) is 50.6 Å². The Bertz CT molecular complexity index is 218. The standard InChI is InChI=1S/2C6H10O3P.Cd/c2*1-3-5-8-10(7)9-6-4-2;/h2*3-4H,1-2,5-6H2;/q2*-1;+2. The average Bonchev–Trinajstić information content (AvgIpc) is 2.47. The SMILES string of the molecule is C=CCOP([O-])OCC=C.C=CCOP([O-])OCC=C.[Cd+2]. The van der Waals surface area contributed by atoms with Crippen molar-refractivity contribution in [1.29, 1.82) is 0 Å². The van der Waals surface area contributed by atoms with E-state index in [1.54, 1.807) is 0 Å². The minimum absolute atomic E-state index is 0. The van der Waals surface area contributed by atoms with Crippen molar-refractivity contribution in [3.63, 3.8) is 0 Å². The molecule has 0 aromatic rings. The van der Waals surface area contributed by atoms with Crippen LogP contribution in [0.2, 0.25) is 0 Å². The molecule has 0 unspecified atom stereocenters. The van der Waals surface area contributed by atoms with Crippen LogP contribution in [-0.2, 0) is 45.4 Å². The fourth-order valence-corrected chi connectivity index (χ4v) is 1.59. The predicted octanol–water partition coefficient (Wildman–Crippen LogP) is 1.96. The molecule has 0 radical (unpaired) electrons. The summed E-state index contributed by atoms with van der Waals surface area (Å²) in [6, 6.07) is 0. The molecule has 0 saturated heterocycles. The van der Waals surface area contributed by atoms with E-state index in [9.17, 15) is 9.79 Å². The van der Waals surface area contributed by atoms with E-state index >= 15 is 0 Å². The molecule has 0 heterocycles. The number of hydrogen-bond donors (Lipinski definition) is 0. The van der Waals surface area contributed by atoms with Gasteiger partial charge in [0, 0.05) is 0 Å². The molecule has 0 amide bonds. The smallest absolute Gasteiger partial charge is 0.786 e. The fourth-order valence-electron chi connectivity index (χ4n) is 0.529. The summed E-state index contributed by atoms with van der Waals surface area (Å²) in [5.41, 5.74) is 0. The zero-order chi connectivity index (χ0) is 15.6. The van der Waals surface area contributed by atoms with Crippen molar-refractivity contribution in [2.75, 3.05) is 26.4 Å². The molecule has 0 aromatic heterocycles. The first-order valence-electron chi connectivity index (χ1n) is 5.52. The Kier molecular flexibility index (Phi) is 28.6. The Balaban J connectivity index is -0.000000295. The molecule has 0 atom stereocenters. The zero-order valence-corrected chi connectivity index (χ0v) is 17.8. The Morgan fingerprint density at radius 1 is 0.619 bits per heavy atom. The Labute approximate surface area is 149 Å². The van der Waals surface area contributed by atoms with Gasteiger partial charge in [0.1, 0.15) is 0 Å². The van der Waals surface area contributed by atoms with E-state index in [0.717, 1.165) is 0 Å². The van der Waals surface area contributed by atoms with Gasteiger partial charge < -0.3 is 27.9 Å². The van der Waals surface area contributed by atoms with E-state index in [-0.39, 0.29) is 53.7 Å². The molecule has 0 aliphatic heterocycles. The molecular formula is C12H20CdO6P2. The van der Waals surface area contributed by atoms with Gasteiger partial charge in [0.15, 0.2) is 0 Å². The average molecular weight is 435 g/mol. The molecule has 0 fully saturated rings. The second kappa shape index (κ2) is 22.8. The molecule has 9 heteroatoms. The van der Waals surface area contributed by atoms with Gasteiger partial charge in [0.05, 0.1) is 43.6 Å². The molecule has 116 valence electrons. The molecule has 0 aliphatic rings. The van der Waals surface area contributed by atoms with Crippen LogP contribution in [0.1, 0.15) is 0 Å². The first kappa shape index (κ1) is 26.4. The van der Waals surface area contributed by atoms with Crippen molar-refractivity contribution in [1.82, 2.24) is 0 Å². The maximum absolute atomic E-state index is 10.6. The van der Waals surface area contributed by atoms with Crippen molar-refractivity contribution >= 4 is 17.2 Å². The molecule has 0 N–H and O–H groups in total. The second-order valence-corrected chi connectivity index (χ2v) is 4.71. The first-order valence-corrected chi connectivity index (χ1v) is 7.71. The van der Waals surface area contributed by atoms with E-state index in [4.69, 9.17) is 0 Å². The Morgan fingerprint density at radius 2 is 0.810 bits per heavy atom. The van der Waals surface area contributed by atoms with Gasteiger partial charge in [-0.1, -0.05) is 24.3 Å². The topological polar surface area (TPSA) is 83.0 Å². The normalized spacial score (nSPS) is 9.33. The van der Waals surface area contributed by atoms with Crippen LogP contribution in [-0.4, -0.2) is 26.4 Å². The van der Waals surface area contributed by atoms with Crippen molar-refractivity contribution in [2.24, 2.45) is 0 Å². The Morgan fingerprint density at radius 3 is 0.952 bits per heavy atom. The fraction of sp³-hybridized carbons (Fsp3) is 0.333. The van der Waals surface area contributed by atoms with Crippen LogP contribution in [0.4, 0.5) is 0 Å². The minimum atomic E-state index is -1.98. The summed E-state index contributed by atoms with van der Waals surface area (Å²) >= 11 is 0. The van der Waals surface area contributed by atoms with E-state index in [1.165, 1.54) is 24.3 Å². The molecular weight excluding hydrogens is 414 g/mol. The van der Waals surface area contributed by atoms with Gasteiger partial charge >= 0.3 is 27.3 Å². The summed E-state index contributed by atoms with van der Waals surface area (Å²) in [7, 11) is -3.97. The van der Waals surface area contributed by atoms with Crippen LogP contribution in [0.5, 0.6) is 0 Å². The molecule has 21 heavy (non-hydrogen) atoms. The monoisotopic (exact) mass is 436 g/mol. The van der Waals surface area contributed by atoms with Gasteiger partial charge in [-0.2, -0.15) is 0 Å². The van der Waals surface area contributed by atoms with Gasteiger partial charge in [-0.05, 0) is 0 Å². The quantitative estimate of drug-likeness (QED) is 0.265. The number of hydrogen-bond acceptors (Lipinski definition) is 6. The van der Waals surface area contributed by atoms with Gasteiger partial charge in [-0.3, -0.25) is 0 Å². The summed E-state index contributed by atoms with van der Waals surface area (Å²) in [6.45, 7) is 14.5. The van der Waals surface area contributed by atoms with Gasteiger partial charge in [0.25, 0.3) is 0 Å². The third-order valence-electron chi connectivity index (χ3n) is 1.19. The molecule has 0 bridgehead atoms. The van der Waals surface area contributed by atoms with Crippen molar-refractivity contribution in [3.05, 3.63) is 50.6 Å². The van der Waals surface area contributed by atoms with Crippen LogP contribution < -0.4 is 9.79 Å². The van der Waals surface area contributed by atoms with E-state index in [1.807, 2.05) is 0 Å². The molecule has 0 saturated carbocycles. The van der Waals surface area contributed by atoms with E-state index < -0.39 is 17.2 Å². The number of rotatable bonds is 12. The van der Waals surface area contributed by atoms with E-state index in [0.29, 0.717) is 0 Å². The summed E-state index contributed by atoms with van der Waals surface area (Å²) in [5, 5.41) is 0. The minimum Gasteiger partial charge on any atom is -0.786 e. The van der Waals surface area contributed by atoms with Crippen LogP contribution in [0.3, 0.4) is 0 Å². The molecule has 0 aromatic carbocycles. The second-order valence-electron chi connectivity index (χ2n) is 2.78. The predicted molar refractivity (Wildman–Crippen MR) is 78.4 cm³/mol. The first-order chi connectivity index (χ1) is 9.62. The molecule has 0 spiro atoms. The summed E-state index contributed by atoms with van der Waals surface area (Å²) < 4.78 is 18.5. The third-order valence-corrected chi connectivity index (χ3v) is 2.63. The molecule has 0 rings (SSSR count). The molecule has 6 nitrogen and oxygen atoms in total. The van der Waals surface area contributed by atoms with Gasteiger partial charge in [-0.25, -0.2) is 0 Å². The summed E-state index contributed by atoms with van der Waals surface area (Å²) in [5.74, 6) is 0. The van der Waals surface area contributed by atoms with Crippen LogP contribution in [0.25, 0.3) is 0 Å².